The van der Waals surface area contributed by atoms with Crippen LogP contribution in [-0.2, 0) is 6.54 Å². The molecule has 2 heterocycles. The Morgan fingerprint density at radius 2 is 1.81 bits per heavy atom. The smallest absolute Gasteiger partial charge is 0.263 e. The van der Waals surface area contributed by atoms with Crippen LogP contribution in [0.1, 0.15) is 10.4 Å². The van der Waals surface area contributed by atoms with Crippen LogP contribution in [0.5, 0.6) is 0 Å². The molecule has 26 heavy (non-hydrogen) atoms. The summed E-state index contributed by atoms with van der Waals surface area (Å²) in [4.78, 5) is 18.2. The first-order valence-electron chi connectivity index (χ1n) is 8.10. The molecule has 130 valence electrons. The summed E-state index contributed by atoms with van der Waals surface area (Å²) in [5.41, 5.74) is 2.53. The van der Waals surface area contributed by atoms with Crippen LogP contribution >= 0.6 is 23.6 Å². The van der Waals surface area contributed by atoms with Crippen molar-refractivity contribution in [2.75, 3.05) is 0 Å². The lowest BCUT2D eigenvalue weighted by atomic mass is 10.0. The zero-order chi connectivity index (χ0) is 18.3. The predicted molar refractivity (Wildman–Crippen MR) is 107 cm³/mol. The molecule has 4 aromatic rings. The van der Waals surface area contributed by atoms with Gasteiger partial charge in [0.1, 0.15) is 10.6 Å². The first-order chi connectivity index (χ1) is 12.5. The summed E-state index contributed by atoms with van der Waals surface area (Å²) in [7, 11) is 0. The number of nitrogens with zero attached hydrogens (tertiary/aromatic N) is 1. The lowest BCUT2D eigenvalue weighted by molar-refractivity contribution is 0.628. The molecule has 0 fully saturated rings. The number of thiophene rings is 1. The van der Waals surface area contributed by atoms with Gasteiger partial charge in [0.05, 0.1) is 11.9 Å². The average Bonchev–Trinajstić information content (AvgIpc) is 2.96. The zero-order valence-corrected chi connectivity index (χ0v) is 15.6. The second-order valence-electron chi connectivity index (χ2n) is 6.05. The number of rotatable bonds is 3. The molecule has 0 unspecified atom stereocenters. The van der Waals surface area contributed by atoms with Crippen molar-refractivity contribution >= 4 is 33.8 Å². The van der Waals surface area contributed by atoms with Gasteiger partial charge in [0, 0.05) is 10.4 Å². The van der Waals surface area contributed by atoms with Gasteiger partial charge in [0.15, 0.2) is 4.77 Å². The third kappa shape index (κ3) is 2.91. The summed E-state index contributed by atoms with van der Waals surface area (Å²) in [6.07, 6.45) is 0. The first kappa shape index (κ1) is 16.9. The first-order valence-corrected chi connectivity index (χ1v) is 9.33. The number of fused-ring (bicyclic) bond motifs is 1. The number of aromatic nitrogens is 2. The summed E-state index contributed by atoms with van der Waals surface area (Å²) in [6.45, 7) is 2.36. The molecule has 2 aromatic heterocycles. The van der Waals surface area contributed by atoms with Crippen LogP contribution in [0.2, 0.25) is 0 Å². The molecule has 0 aliphatic carbocycles. The number of aryl methyl sites for hydroxylation is 1. The summed E-state index contributed by atoms with van der Waals surface area (Å²) in [5.74, 6) is -0.299. The van der Waals surface area contributed by atoms with E-state index in [2.05, 4.69) is 4.98 Å². The molecular formula is C20H15FN2OS2. The molecular weight excluding hydrogens is 367 g/mol. The highest BCUT2D eigenvalue weighted by Crippen LogP contribution is 2.35. The van der Waals surface area contributed by atoms with E-state index < -0.39 is 0 Å². The fourth-order valence-corrected chi connectivity index (χ4v) is 4.48. The second-order valence-corrected chi connectivity index (χ2v) is 7.66. The number of nitrogens with one attached hydrogen (secondary N) is 1. The van der Waals surface area contributed by atoms with Crippen LogP contribution in [0.4, 0.5) is 4.39 Å². The lowest BCUT2D eigenvalue weighted by Crippen LogP contribution is -2.22. The van der Waals surface area contributed by atoms with Gasteiger partial charge in [-0.1, -0.05) is 42.5 Å². The van der Waals surface area contributed by atoms with E-state index in [-0.39, 0.29) is 11.4 Å². The number of halogens is 1. The van der Waals surface area contributed by atoms with Crippen LogP contribution in [0.3, 0.4) is 0 Å². The number of hydrogen-bond donors (Lipinski definition) is 1. The fourth-order valence-electron chi connectivity index (χ4n) is 3.10. The maximum absolute atomic E-state index is 13.3. The van der Waals surface area contributed by atoms with Crippen molar-refractivity contribution < 1.29 is 4.39 Å². The molecule has 2 aromatic carbocycles. The van der Waals surface area contributed by atoms with Crippen LogP contribution in [0.25, 0.3) is 21.3 Å². The summed E-state index contributed by atoms with van der Waals surface area (Å²) < 4.78 is 15.3. The summed E-state index contributed by atoms with van der Waals surface area (Å²) in [5, 5.41) is 0.601. The third-order valence-corrected chi connectivity index (χ3v) is 5.67. The molecule has 0 spiro atoms. The van der Waals surface area contributed by atoms with E-state index in [1.165, 1.54) is 23.5 Å². The van der Waals surface area contributed by atoms with Gasteiger partial charge in [-0.25, -0.2) is 4.39 Å². The van der Waals surface area contributed by atoms with E-state index in [0.717, 1.165) is 26.4 Å². The normalized spacial score (nSPS) is 11.2. The highest BCUT2D eigenvalue weighted by molar-refractivity contribution is 7.71. The van der Waals surface area contributed by atoms with E-state index in [1.54, 1.807) is 16.7 Å². The number of H-pyrrole nitrogens is 1. The molecule has 0 saturated carbocycles. The van der Waals surface area contributed by atoms with Crippen molar-refractivity contribution in [2.45, 2.75) is 13.5 Å². The molecule has 0 aliphatic heterocycles. The topological polar surface area (TPSA) is 37.8 Å². The van der Waals surface area contributed by atoms with Gasteiger partial charge in [0.25, 0.3) is 5.56 Å². The second kappa shape index (κ2) is 6.63. The van der Waals surface area contributed by atoms with Gasteiger partial charge < -0.3 is 4.98 Å². The number of aromatic amines is 1. The molecule has 0 bridgehead atoms. The Balaban J connectivity index is 1.96. The third-order valence-electron chi connectivity index (χ3n) is 4.33. The quantitative estimate of drug-likeness (QED) is 0.489. The van der Waals surface area contributed by atoms with E-state index in [4.69, 9.17) is 12.2 Å². The van der Waals surface area contributed by atoms with Crippen LogP contribution in [0, 0.1) is 17.5 Å². The minimum atomic E-state index is -0.299. The fraction of sp³-hybridized carbons (Fsp3) is 0.100. The van der Waals surface area contributed by atoms with Gasteiger partial charge in [-0.05, 0) is 42.4 Å². The standard InChI is InChI=1S/C20H15FN2OS2/c1-12-16(14-7-9-15(21)10-8-14)17-18(26-12)22-20(25)23(19(17)24)11-13-5-3-2-4-6-13/h2-10H,11H2,1H3,(H,22,25). The molecule has 0 saturated heterocycles. The number of benzene rings is 2. The summed E-state index contributed by atoms with van der Waals surface area (Å²) in [6, 6.07) is 16.0. The highest BCUT2D eigenvalue weighted by Gasteiger charge is 2.17. The van der Waals surface area contributed by atoms with Gasteiger partial charge in [-0.2, -0.15) is 0 Å². The Hall–Kier alpha value is -2.57. The Morgan fingerprint density at radius 1 is 1.12 bits per heavy atom. The number of hydrogen-bond acceptors (Lipinski definition) is 3. The molecule has 0 atom stereocenters. The molecule has 0 amide bonds. The lowest BCUT2D eigenvalue weighted by Gasteiger charge is -2.08. The van der Waals surface area contributed by atoms with Gasteiger partial charge >= 0.3 is 0 Å². The Labute approximate surface area is 158 Å². The Morgan fingerprint density at radius 3 is 2.50 bits per heavy atom. The van der Waals surface area contributed by atoms with E-state index in [1.807, 2.05) is 37.3 Å². The minimum absolute atomic E-state index is 0.128. The van der Waals surface area contributed by atoms with E-state index in [9.17, 15) is 9.18 Å². The largest absolute Gasteiger partial charge is 0.323 e. The van der Waals surface area contributed by atoms with Crippen molar-refractivity contribution in [1.82, 2.24) is 9.55 Å². The van der Waals surface area contributed by atoms with Crippen LogP contribution < -0.4 is 5.56 Å². The molecule has 0 radical (unpaired) electrons. The maximum atomic E-state index is 13.3. The van der Waals surface area contributed by atoms with Gasteiger partial charge in [0.2, 0.25) is 0 Å². The van der Waals surface area contributed by atoms with E-state index >= 15 is 0 Å². The van der Waals surface area contributed by atoms with Crippen LogP contribution in [-0.4, -0.2) is 9.55 Å². The van der Waals surface area contributed by atoms with Gasteiger partial charge in [-0.15, -0.1) is 11.3 Å². The predicted octanol–water partition coefficient (Wildman–Crippen LogP) is 5.28. The zero-order valence-electron chi connectivity index (χ0n) is 14.0. The molecule has 6 heteroatoms. The summed E-state index contributed by atoms with van der Waals surface area (Å²) >= 11 is 6.91. The maximum Gasteiger partial charge on any atom is 0.263 e. The van der Waals surface area contributed by atoms with Gasteiger partial charge in [-0.3, -0.25) is 9.36 Å². The van der Waals surface area contributed by atoms with Crippen molar-refractivity contribution in [2.24, 2.45) is 0 Å². The molecule has 3 nitrogen and oxygen atoms in total. The van der Waals surface area contributed by atoms with Crippen molar-refractivity contribution in [3.8, 4) is 11.1 Å². The Bertz CT molecular complexity index is 1210. The van der Waals surface area contributed by atoms with Crippen molar-refractivity contribution in [1.29, 1.82) is 0 Å². The SMILES string of the molecule is Cc1sc2[nH]c(=S)n(Cc3ccccc3)c(=O)c2c1-c1ccc(F)cc1. The molecule has 4 rings (SSSR count). The minimum Gasteiger partial charge on any atom is -0.323 e. The van der Waals surface area contributed by atoms with Crippen molar-refractivity contribution in [3.63, 3.8) is 0 Å². The average molecular weight is 382 g/mol. The molecule has 1 N–H and O–H groups in total. The van der Waals surface area contributed by atoms with Crippen molar-refractivity contribution in [3.05, 3.63) is 86.0 Å². The van der Waals surface area contributed by atoms with Crippen LogP contribution in [0.15, 0.2) is 59.4 Å². The Kier molecular flexibility index (Phi) is 4.30. The van der Waals surface area contributed by atoms with E-state index in [0.29, 0.717) is 16.7 Å². The molecule has 0 aliphatic rings. The highest BCUT2D eigenvalue weighted by atomic mass is 32.1. The monoisotopic (exact) mass is 382 g/mol.